The third-order valence-corrected chi connectivity index (χ3v) is 2.84. The molecule has 0 amide bonds. The second-order valence-electron chi connectivity index (χ2n) is 3.91. The molecule has 6 heteroatoms. The highest BCUT2D eigenvalue weighted by Crippen LogP contribution is 2.32. The first kappa shape index (κ1) is 13.5. The Kier molecular flexibility index (Phi) is 3.80. The van der Waals surface area contributed by atoms with Crippen LogP contribution in [0.2, 0.25) is 0 Å². The Morgan fingerprint density at radius 3 is 2.37 bits per heavy atom. The average molecular weight is 270 g/mol. The molecule has 0 saturated carbocycles. The van der Waals surface area contributed by atoms with Crippen LogP contribution in [0.25, 0.3) is 5.57 Å². The zero-order valence-corrected chi connectivity index (χ0v) is 10.5. The predicted octanol–water partition coefficient (Wildman–Crippen LogP) is 1.93. The minimum absolute atomic E-state index is 0.0209. The molecular formula is C13H12F2O4. The van der Waals surface area contributed by atoms with E-state index in [9.17, 15) is 13.6 Å². The number of esters is 1. The highest BCUT2D eigenvalue weighted by Gasteiger charge is 2.27. The summed E-state index contributed by atoms with van der Waals surface area (Å²) in [4.78, 5) is 11.5. The maximum absolute atomic E-state index is 13.9. The molecule has 2 rings (SSSR count). The van der Waals surface area contributed by atoms with E-state index in [0.29, 0.717) is 0 Å². The van der Waals surface area contributed by atoms with Gasteiger partial charge in [-0.1, -0.05) is 0 Å². The highest BCUT2D eigenvalue weighted by atomic mass is 19.1. The van der Waals surface area contributed by atoms with E-state index in [1.54, 1.807) is 0 Å². The van der Waals surface area contributed by atoms with Crippen LogP contribution < -0.4 is 4.74 Å². The van der Waals surface area contributed by atoms with Crippen molar-refractivity contribution in [1.82, 2.24) is 0 Å². The van der Waals surface area contributed by atoms with Crippen molar-refractivity contribution in [3.05, 3.63) is 34.9 Å². The zero-order valence-electron chi connectivity index (χ0n) is 10.5. The number of halogens is 2. The molecule has 1 heterocycles. The summed E-state index contributed by atoms with van der Waals surface area (Å²) in [6.45, 7) is -0.0580. The predicted molar refractivity (Wildman–Crippen MR) is 62.7 cm³/mol. The molecule has 1 aromatic rings. The smallest absolute Gasteiger partial charge is 0.336 e. The van der Waals surface area contributed by atoms with Crippen LogP contribution in [-0.2, 0) is 14.3 Å². The van der Waals surface area contributed by atoms with Crippen molar-refractivity contribution in [3.63, 3.8) is 0 Å². The SMILES string of the molecule is COC(=O)C1=C(c2c(F)cc(OC)cc2F)COC1. The molecule has 0 fully saturated rings. The number of rotatable bonds is 3. The molecule has 0 N–H and O–H groups in total. The van der Waals surface area contributed by atoms with Gasteiger partial charge in [0.25, 0.3) is 0 Å². The minimum Gasteiger partial charge on any atom is -0.497 e. The first-order valence-electron chi connectivity index (χ1n) is 5.50. The lowest BCUT2D eigenvalue weighted by atomic mass is 10.0. The second-order valence-corrected chi connectivity index (χ2v) is 3.91. The molecule has 0 bridgehead atoms. The van der Waals surface area contributed by atoms with Crippen molar-refractivity contribution in [2.24, 2.45) is 0 Å². The maximum atomic E-state index is 13.9. The van der Waals surface area contributed by atoms with Gasteiger partial charge in [-0.3, -0.25) is 0 Å². The summed E-state index contributed by atoms with van der Waals surface area (Å²) >= 11 is 0. The Bertz CT molecular complexity index is 529. The summed E-state index contributed by atoms with van der Waals surface area (Å²) in [6, 6.07) is 2.11. The first-order chi connectivity index (χ1) is 9.08. The van der Waals surface area contributed by atoms with E-state index in [2.05, 4.69) is 4.74 Å². The van der Waals surface area contributed by atoms with Crippen LogP contribution in [0.5, 0.6) is 5.75 Å². The van der Waals surface area contributed by atoms with Crippen molar-refractivity contribution >= 4 is 11.5 Å². The van der Waals surface area contributed by atoms with E-state index < -0.39 is 17.6 Å². The van der Waals surface area contributed by atoms with E-state index >= 15 is 0 Å². The van der Waals surface area contributed by atoms with Crippen molar-refractivity contribution in [1.29, 1.82) is 0 Å². The fraction of sp³-hybridized carbons (Fsp3) is 0.308. The Morgan fingerprint density at radius 2 is 1.84 bits per heavy atom. The lowest BCUT2D eigenvalue weighted by molar-refractivity contribution is -0.136. The van der Waals surface area contributed by atoms with E-state index in [1.165, 1.54) is 14.2 Å². The number of hydrogen-bond donors (Lipinski definition) is 0. The van der Waals surface area contributed by atoms with Gasteiger partial charge < -0.3 is 14.2 Å². The van der Waals surface area contributed by atoms with Gasteiger partial charge in [0.1, 0.15) is 17.4 Å². The number of benzene rings is 1. The lowest BCUT2D eigenvalue weighted by Crippen LogP contribution is -2.08. The summed E-state index contributed by atoms with van der Waals surface area (Å²) in [5.41, 5.74) is 0.0219. The van der Waals surface area contributed by atoms with Gasteiger partial charge in [-0.25, -0.2) is 13.6 Å². The molecule has 0 aromatic heterocycles. The molecule has 1 aliphatic rings. The van der Waals surface area contributed by atoms with E-state index in [4.69, 9.17) is 9.47 Å². The van der Waals surface area contributed by atoms with Gasteiger partial charge in [0, 0.05) is 17.7 Å². The lowest BCUT2D eigenvalue weighted by Gasteiger charge is -2.09. The van der Waals surface area contributed by atoms with Gasteiger partial charge in [-0.05, 0) is 0 Å². The molecule has 0 aliphatic carbocycles. The summed E-state index contributed by atoms with van der Waals surface area (Å²) in [5, 5.41) is 0. The molecule has 4 nitrogen and oxygen atoms in total. The molecular weight excluding hydrogens is 258 g/mol. The van der Waals surface area contributed by atoms with E-state index in [0.717, 1.165) is 12.1 Å². The summed E-state index contributed by atoms with van der Waals surface area (Å²) in [6.07, 6.45) is 0. The molecule has 0 spiro atoms. The number of hydrogen-bond acceptors (Lipinski definition) is 4. The number of ether oxygens (including phenoxy) is 3. The summed E-state index contributed by atoms with van der Waals surface area (Å²) in [7, 11) is 2.51. The van der Waals surface area contributed by atoms with E-state index in [-0.39, 0.29) is 35.7 Å². The molecule has 0 unspecified atom stereocenters. The van der Waals surface area contributed by atoms with Gasteiger partial charge in [0.05, 0.1) is 38.6 Å². The van der Waals surface area contributed by atoms with Crippen LogP contribution in [0.3, 0.4) is 0 Å². The van der Waals surface area contributed by atoms with Crippen molar-refractivity contribution in [2.75, 3.05) is 27.4 Å². The third kappa shape index (κ3) is 2.44. The van der Waals surface area contributed by atoms with Crippen molar-refractivity contribution in [2.45, 2.75) is 0 Å². The fourth-order valence-corrected chi connectivity index (χ4v) is 1.91. The van der Waals surface area contributed by atoms with Crippen LogP contribution in [0, 0.1) is 11.6 Å². The Balaban J connectivity index is 2.55. The number of carbonyl (C=O) groups excluding carboxylic acids is 1. The van der Waals surface area contributed by atoms with Gasteiger partial charge in [0.15, 0.2) is 0 Å². The van der Waals surface area contributed by atoms with Gasteiger partial charge in [-0.2, -0.15) is 0 Å². The summed E-state index contributed by atoms with van der Waals surface area (Å²) in [5.74, 6) is -2.20. The molecule has 0 atom stereocenters. The second kappa shape index (κ2) is 5.36. The molecule has 1 aromatic carbocycles. The number of carbonyl (C=O) groups is 1. The zero-order chi connectivity index (χ0) is 14.0. The first-order valence-corrected chi connectivity index (χ1v) is 5.50. The van der Waals surface area contributed by atoms with Gasteiger partial charge >= 0.3 is 5.97 Å². The summed E-state index contributed by atoms with van der Waals surface area (Å²) < 4.78 is 42.3. The minimum atomic E-state index is -0.807. The Morgan fingerprint density at radius 1 is 1.21 bits per heavy atom. The van der Waals surface area contributed by atoms with Crippen molar-refractivity contribution < 1.29 is 27.8 Å². The quantitative estimate of drug-likeness (QED) is 0.787. The normalized spacial score (nSPS) is 14.7. The van der Waals surface area contributed by atoms with Gasteiger partial charge in [-0.15, -0.1) is 0 Å². The number of methoxy groups -OCH3 is 2. The molecule has 1 aliphatic heterocycles. The Hall–Kier alpha value is -1.95. The van der Waals surface area contributed by atoms with Crippen LogP contribution in [0.4, 0.5) is 8.78 Å². The van der Waals surface area contributed by atoms with Crippen LogP contribution in [0.15, 0.2) is 17.7 Å². The van der Waals surface area contributed by atoms with Crippen LogP contribution in [0.1, 0.15) is 5.56 Å². The standard InChI is InChI=1S/C13H12F2O4/c1-17-7-3-10(14)12(11(15)4-7)8-5-19-6-9(8)13(16)18-2/h3-4H,5-6H2,1-2H3. The molecule has 0 radical (unpaired) electrons. The third-order valence-electron chi connectivity index (χ3n) is 2.84. The average Bonchev–Trinajstić information content (AvgIpc) is 2.86. The van der Waals surface area contributed by atoms with Crippen LogP contribution in [-0.4, -0.2) is 33.4 Å². The highest BCUT2D eigenvalue weighted by molar-refractivity contribution is 5.99. The van der Waals surface area contributed by atoms with E-state index in [1.807, 2.05) is 0 Å². The monoisotopic (exact) mass is 270 g/mol. The topological polar surface area (TPSA) is 44.8 Å². The maximum Gasteiger partial charge on any atom is 0.336 e. The fourth-order valence-electron chi connectivity index (χ4n) is 1.91. The van der Waals surface area contributed by atoms with Crippen molar-refractivity contribution in [3.8, 4) is 5.75 Å². The largest absolute Gasteiger partial charge is 0.497 e. The molecule has 102 valence electrons. The Labute approximate surface area is 108 Å². The molecule has 0 saturated heterocycles. The van der Waals surface area contributed by atoms with Crippen LogP contribution >= 0.6 is 0 Å². The molecule has 19 heavy (non-hydrogen) atoms. The van der Waals surface area contributed by atoms with Gasteiger partial charge in [0.2, 0.25) is 0 Å².